The summed E-state index contributed by atoms with van der Waals surface area (Å²) < 4.78 is 1.68. The lowest BCUT2D eigenvalue weighted by Crippen LogP contribution is -2.31. The molecule has 0 radical (unpaired) electrons. The fourth-order valence-corrected chi connectivity index (χ4v) is 3.02. The summed E-state index contributed by atoms with van der Waals surface area (Å²) in [5, 5.41) is 10.0. The molecule has 1 aliphatic heterocycles. The van der Waals surface area contributed by atoms with Gasteiger partial charge in [0.25, 0.3) is 0 Å². The molecule has 1 amide bonds. The Morgan fingerprint density at radius 1 is 1.15 bits per heavy atom. The molecule has 0 spiro atoms. The molecule has 2 aromatic heterocycles. The van der Waals surface area contributed by atoms with E-state index in [2.05, 4.69) is 25.6 Å². The van der Waals surface area contributed by atoms with Crippen molar-refractivity contribution >= 4 is 42.2 Å². The topological polar surface area (TPSA) is 75.1 Å². The van der Waals surface area contributed by atoms with Crippen molar-refractivity contribution in [3.63, 3.8) is 0 Å². The molecule has 7 nitrogen and oxygen atoms in total. The molecule has 3 rings (SSSR count). The van der Waals surface area contributed by atoms with Crippen molar-refractivity contribution in [2.75, 3.05) is 30.4 Å². The number of anilines is 2. The predicted molar refractivity (Wildman–Crippen MR) is 108 cm³/mol. The highest BCUT2D eigenvalue weighted by molar-refractivity contribution is 5.95. The van der Waals surface area contributed by atoms with Crippen LogP contribution in [0.15, 0.2) is 30.7 Å². The van der Waals surface area contributed by atoms with Crippen LogP contribution in [0.4, 0.5) is 11.5 Å². The molecule has 1 saturated heterocycles. The van der Waals surface area contributed by atoms with Crippen molar-refractivity contribution in [1.29, 1.82) is 0 Å². The molecule has 1 aliphatic rings. The van der Waals surface area contributed by atoms with Crippen molar-refractivity contribution in [3.05, 3.63) is 36.3 Å². The average Bonchev–Trinajstić information content (AvgIpc) is 3.03. The van der Waals surface area contributed by atoms with Gasteiger partial charge >= 0.3 is 0 Å². The number of carbonyl (C=O) groups is 1. The molecular weight excluding hydrogens is 375 g/mol. The van der Waals surface area contributed by atoms with Crippen LogP contribution < -0.4 is 15.5 Å². The lowest BCUT2D eigenvalue weighted by Gasteiger charge is -2.27. The highest BCUT2D eigenvalue weighted by Gasteiger charge is 2.20. The van der Waals surface area contributed by atoms with Crippen LogP contribution in [0.1, 0.15) is 30.9 Å². The largest absolute Gasteiger partial charge is 0.357 e. The second-order valence-electron chi connectivity index (χ2n) is 6.11. The van der Waals surface area contributed by atoms with Crippen molar-refractivity contribution in [2.45, 2.75) is 25.3 Å². The maximum atomic E-state index is 12.5. The van der Waals surface area contributed by atoms with Gasteiger partial charge in [0.15, 0.2) is 0 Å². The van der Waals surface area contributed by atoms with Crippen LogP contribution in [0.3, 0.4) is 0 Å². The Balaban J connectivity index is 0.00000169. The first-order valence-electron chi connectivity index (χ1n) is 8.35. The highest BCUT2D eigenvalue weighted by Crippen LogP contribution is 2.20. The van der Waals surface area contributed by atoms with Crippen molar-refractivity contribution in [3.8, 4) is 0 Å². The highest BCUT2D eigenvalue weighted by atomic mass is 35.5. The fourth-order valence-electron chi connectivity index (χ4n) is 3.02. The number of likely N-dealkylation sites (N-methyl/N-ethyl adjacent to an activating group) is 1. The van der Waals surface area contributed by atoms with E-state index in [9.17, 15) is 4.79 Å². The molecule has 1 unspecified atom stereocenters. The number of nitrogens with zero attached hydrogens (tertiary/aromatic N) is 4. The number of carbonyl (C=O) groups excluding carboxylic acids is 1. The minimum absolute atomic E-state index is 0. The molecule has 0 aliphatic carbocycles. The normalized spacial score (nSPS) is 14.8. The molecule has 2 aromatic rings. The van der Waals surface area contributed by atoms with E-state index in [1.165, 1.54) is 19.3 Å². The zero-order valence-electron chi connectivity index (χ0n) is 15.0. The Labute approximate surface area is 166 Å². The molecule has 26 heavy (non-hydrogen) atoms. The Hall–Kier alpha value is -1.83. The molecule has 1 atom stereocenters. The number of aromatic nitrogens is 3. The van der Waals surface area contributed by atoms with Crippen LogP contribution in [-0.2, 0) is 11.8 Å². The van der Waals surface area contributed by atoms with Gasteiger partial charge in [-0.2, -0.15) is 5.10 Å². The second-order valence-corrected chi connectivity index (χ2v) is 6.11. The number of halogens is 2. The first-order valence-corrected chi connectivity index (χ1v) is 8.35. The van der Waals surface area contributed by atoms with Gasteiger partial charge in [-0.25, -0.2) is 4.98 Å². The molecule has 0 bridgehead atoms. The SMILES string of the molecule is CNC(C(=O)Nc1ccc(N2CCCCC2)nc1)c1cnn(C)c1.Cl.Cl. The minimum atomic E-state index is -0.444. The summed E-state index contributed by atoms with van der Waals surface area (Å²) in [4.78, 5) is 19.3. The summed E-state index contributed by atoms with van der Waals surface area (Å²) in [6.45, 7) is 2.11. The van der Waals surface area contributed by atoms with E-state index in [0.29, 0.717) is 5.69 Å². The van der Waals surface area contributed by atoms with Gasteiger partial charge in [-0.3, -0.25) is 9.48 Å². The minimum Gasteiger partial charge on any atom is -0.357 e. The third-order valence-electron chi connectivity index (χ3n) is 4.30. The summed E-state index contributed by atoms with van der Waals surface area (Å²) in [6.07, 6.45) is 8.98. The standard InChI is InChI=1S/C17H24N6O.2ClH/c1-18-16(13-10-20-22(2)12-13)17(24)21-14-6-7-15(19-11-14)23-8-4-3-5-9-23;;/h6-7,10-12,16,18H,3-5,8-9H2,1-2H3,(H,21,24);2*1H. The maximum absolute atomic E-state index is 12.5. The van der Waals surface area contributed by atoms with Crippen molar-refractivity contribution < 1.29 is 4.79 Å². The van der Waals surface area contributed by atoms with E-state index in [-0.39, 0.29) is 30.7 Å². The Morgan fingerprint density at radius 3 is 2.42 bits per heavy atom. The van der Waals surface area contributed by atoms with Crippen LogP contribution in [0.25, 0.3) is 0 Å². The maximum Gasteiger partial charge on any atom is 0.246 e. The smallest absolute Gasteiger partial charge is 0.246 e. The predicted octanol–water partition coefficient (Wildman–Crippen LogP) is 2.55. The van der Waals surface area contributed by atoms with Crippen LogP contribution in [0.5, 0.6) is 0 Å². The van der Waals surface area contributed by atoms with E-state index >= 15 is 0 Å². The Morgan fingerprint density at radius 2 is 1.88 bits per heavy atom. The Bertz CT molecular complexity index is 685. The molecule has 0 saturated carbocycles. The van der Waals surface area contributed by atoms with Gasteiger partial charge in [-0.05, 0) is 38.4 Å². The quantitative estimate of drug-likeness (QED) is 0.806. The van der Waals surface area contributed by atoms with Crippen LogP contribution in [-0.4, -0.2) is 40.8 Å². The zero-order chi connectivity index (χ0) is 16.9. The molecule has 0 aromatic carbocycles. The third-order valence-corrected chi connectivity index (χ3v) is 4.30. The van der Waals surface area contributed by atoms with Crippen molar-refractivity contribution in [2.24, 2.45) is 7.05 Å². The molecule has 3 heterocycles. The van der Waals surface area contributed by atoms with Gasteiger partial charge in [0.05, 0.1) is 18.1 Å². The summed E-state index contributed by atoms with van der Waals surface area (Å²) in [5.41, 5.74) is 1.53. The number of rotatable bonds is 5. The van der Waals surface area contributed by atoms with Gasteiger partial charge in [-0.15, -0.1) is 24.8 Å². The van der Waals surface area contributed by atoms with E-state index in [1.807, 2.05) is 25.4 Å². The summed E-state index contributed by atoms with van der Waals surface area (Å²) in [7, 11) is 3.59. The van der Waals surface area contributed by atoms with Gasteiger partial charge in [-0.1, -0.05) is 0 Å². The van der Waals surface area contributed by atoms with Crippen LogP contribution in [0.2, 0.25) is 0 Å². The second kappa shape index (κ2) is 10.4. The zero-order valence-corrected chi connectivity index (χ0v) is 16.6. The van der Waals surface area contributed by atoms with Gasteiger partial charge in [0.1, 0.15) is 11.9 Å². The molecule has 2 N–H and O–H groups in total. The molecular formula is C17H26Cl2N6O. The van der Waals surface area contributed by atoms with E-state index in [0.717, 1.165) is 24.5 Å². The first-order chi connectivity index (χ1) is 11.7. The first kappa shape index (κ1) is 22.2. The van der Waals surface area contributed by atoms with E-state index in [1.54, 1.807) is 24.1 Å². The number of hydrogen-bond donors (Lipinski definition) is 2. The average molecular weight is 401 g/mol. The Kier molecular flexibility index (Phi) is 8.84. The number of piperidine rings is 1. The summed E-state index contributed by atoms with van der Waals surface area (Å²) in [6, 6.07) is 3.44. The van der Waals surface area contributed by atoms with Crippen LogP contribution in [0, 0.1) is 0 Å². The van der Waals surface area contributed by atoms with E-state index < -0.39 is 6.04 Å². The number of amides is 1. The van der Waals surface area contributed by atoms with Crippen LogP contribution >= 0.6 is 24.8 Å². The molecule has 1 fully saturated rings. The number of pyridine rings is 1. The van der Waals surface area contributed by atoms with E-state index in [4.69, 9.17) is 0 Å². The third kappa shape index (κ3) is 5.33. The van der Waals surface area contributed by atoms with Gasteiger partial charge in [0, 0.05) is 31.9 Å². The lowest BCUT2D eigenvalue weighted by molar-refractivity contribution is -0.118. The summed E-state index contributed by atoms with van der Waals surface area (Å²) >= 11 is 0. The van der Waals surface area contributed by atoms with Crippen molar-refractivity contribution in [1.82, 2.24) is 20.1 Å². The lowest BCUT2D eigenvalue weighted by atomic mass is 10.1. The molecule has 144 valence electrons. The summed E-state index contributed by atoms with van der Waals surface area (Å²) in [5.74, 6) is 0.850. The fraction of sp³-hybridized carbons (Fsp3) is 0.471. The van der Waals surface area contributed by atoms with Gasteiger partial charge in [0.2, 0.25) is 5.91 Å². The molecule has 9 heteroatoms. The number of nitrogens with one attached hydrogen (secondary N) is 2. The number of hydrogen-bond acceptors (Lipinski definition) is 5. The number of aryl methyl sites for hydroxylation is 1. The monoisotopic (exact) mass is 400 g/mol. The van der Waals surface area contributed by atoms with Gasteiger partial charge < -0.3 is 15.5 Å².